The molecule has 0 bridgehead atoms. The van der Waals surface area contributed by atoms with E-state index in [0.717, 1.165) is 83.8 Å². The molecule has 10 nitrogen and oxygen atoms in total. The number of hydrogen-bond donors (Lipinski definition) is 0. The second-order valence-electron chi connectivity index (χ2n) is 30.3. The fourth-order valence-corrected chi connectivity index (χ4v) is 17.8. The first-order valence-electron chi connectivity index (χ1n) is 40.1. The molecule has 10 heteroatoms. The van der Waals surface area contributed by atoms with Gasteiger partial charge in [-0.1, -0.05) is 315 Å². The number of benzene rings is 15. The quantitative estimate of drug-likeness (QED) is 0.111. The Bertz CT molecular complexity index is 7000. The third-order valence-corrected chi connectivity index (χ3v) is 23.4. The second kappa shape index (κ2) is 29.5. The van der Waals surface area contributed by atoms with Gasteiger partial charge in [-0.05, 0) is 164 Å². The molecular weight excluding hydrogens is 1440 g/mol. The summed E-state index contributed by atoms with van der Waals surface area (Å²) in [5, 5.41) is 2.14. The lowest BCUT2D eigenvalue weighted by atomic mass is 9.82. The van der Waals surface area contributed by atoms with E-state index in [2.05, 4.69) is 325 Å². The first-order valence-corrected chi connectivity index (χ1v) is 40.1. The van der Waals surface area contributed by atoms with Gasteiger partial charge in [-0.3, -0.25) is 0 Å². The van der Waals surface area contributed by atoms with E-state index in [1.165, 1.54) is 83.7 Å². The largest absolute Gasteiger partial charge is 0.456 e. The van der Waals surface area contributed by atoms with Crippen LogP contribution in [0.3, 0.4) is 0 Å². The van der Waals surface area contributed by atoms with E-state index < -0.39 is 0 Å². The predicted octanol–water partition coefficient (Wildman–Crippen LogP) is 26.9. The van der Waals surface area contributed by atoms with E-state index in [-0.39, 0.29) is 23.9 Å². The van der Waals surface area contributed by atoms with Gasteiger partial charge in [-0.15, -0.1) is 0 Å². The zero-order valence-corrected chi connectivity index (χ0v) is 64.0. The van der Waals surface area contributed by atoms with Gasteiger partial charge in [0.1, 0.15) is 22.7 Å². The zero-order chi connectivity index (χ0) is 78.0. The van der Waals surface area contributed by atoms with Crippen molar-refractivity contribution in [3.8, 4) is 124 Å². The van der Waals surface area contributed by atoms with Gasteiger partial charge in [-0.25, -0.2) is 29.9 Å². The molecule has 23 rings (SSSR count). The Hall–Kier alpha value is -15.5. The molecule has 6 heterocycles. The molecule has 0 N–H and O–H groups in total. The van der Waals surface area contributed by atoms with Gasteiger partial charge in [0, 0.05) is 89.9 Å². The molecule has 0 amide bonds. The third-order valence-electron chi connectivity index (χ3n) is 23.4. The van der Waals surface area contributed by atoms with Crippen LogP contribution in [0.15, 0.2) is 409 Å². The molecule has 0 fully saturated rings. The molecule has 0 saturated heterocycles. The van der Waals surface area contributed by atoms with E-state index in [1.807, 2.05) is 97.1 Å². The van der Waals surface area contributed by atoms with Gasteiger partial charge >= 0.3 is 0 Å². The zero-order valence-electron chi connectivity index (χ0n) is 64.0. The van der Waals surface area contributed by atoms with Crippen LogP contribution in [0.25, 0.3) is 158 Å². The van der Waals surface area contributed by atoms with Crippen molar-refractivity contribution in [3.05, 3.63) is 434 Å². The number of fused-ring (bicyclic) bond motifs is 14. The highest BCUT2D eigenvalue weighted by Crippen LogP contribution is 2.56. The number of aromatic nitrogens is 6. The normalized spacial score (nSPS) is 15.2. The Balaban J connectivity index is 0.000000143. The molecule has 118 heavy (non-hydrogen) atoms. The SMILES string of the molecule is C1=CC2C(c3ccccc3N2c2ccc(-c3cccc(-c4ccccc4)c3)cc2)c2c1oc1ccc(-c3nc(-c4ccccc4)nc(-c4ccc(-c5ccccc5)cc4)n3)cc21.C1=CC2C(c3ccccc3N2c2ccc(-c3cccc(-c4ccccc4)c3)cc2)c2c1oc1ccc(-c3nc(-c4ccccc4)nc(-c4ccccc4)n3)cc21. The van der Waals surface area contributed by atoms with Gasteiger partial charge < -0.3 is 18.6 Å². The number of rotatable bonds is 13. The molecule has 0 radical (unpaired) electrons. The van der Waals surface area contributed by atoms with E-state index >= 15 is 0 Å². The summed E-state index contributed by atoms with van der Waals surface area (Å²) in [7, 11) is 0. The van der Waals surface area contributed by atoms with Crippen molar-refractivity contribution in [2.45, 2.75) is 23.9 Å². The summed E-state index contributed by atoms with van der Waals surface area (Å²) < 4.78 is 13.2. The summed E-state index contributed by atoms with van der Waals surface area (Å²) in [6.07, 6.45) is 8.92. The van der Waals surface area contributed by atoms with Crippen LogP contribution in [-0.2, 0) is 0 Å². The maximum Gasteiger partial charge on any atom is 0.164 e. The molecule has 19 aromatic rings. The van der Waals surface area contributed by atoms with Gasteiger partial charge in [0.15, 0.2) is 34.9 Å². The van der Waals surface area contributed by atoms with Crippen molar-refractivity contribution >= 4 is 56.8 Å². The van der Waals surface area contributed by atoms with Gasteiger partial charge in [0.2, 0.25) is 0 Å². The molecule has 4 aromatic heterocycles. The van der Waals surface area contributed by atoms with Crippen LogP contribution in [-0.4, -0.2) is 42.0 Å². The molecule has 15 aromatic carbocycles. The van der Waals surface area contributed by atoms with Crippen LogP contribution >= 0.6 is 0 Å². The fourth-order valence-electron chi connectivity index (χ4n) is 17.8. The highest BCUT2D eigenvalue weighted by Gasteiger charge is 2.45. The van der Waals surface area contributed by atoms with Crippen LogP contribution in [0.1, 0.15) is 45.6 Å². The highest BCUT2D eigenvalue weighted by atomic mass is 16.3. The molecule has 0 spiro atoms. The summed E-state index contributed by atoms with van der Waals surface area (Å²) in [5.74, 6) is 5.70. The molecule has 4 unspecified atom stereocenters. The minimum atomic E-state index is 0.0573. The second-order valence-corrected chi connectivity index (χ2v) is 30.3. The Morgan fingerprint density at radius 2 is 0.466 bits per heavy atom. The molecular formula is C108H72N8O2. The van der Waals surface area contributed by atoms with E-state index in [4.69, 9.17) is 38.7 Å². The molecule has 0 saturated carbocycles. The maximum atomic E-state index is 6.63. The first-order chi connectivity index (χ1) is 58.5. The minimum absolute atomic E-state index is 0.0573. The molecule has 4 atom stereocenters. The summed E-state index contributed by atoms with van der Waals surface area (Å²) in [6, 6.07) is 136. The summed E-state index contributed by atoms with van der Waals surface area (Å²) in [4.78, 5) is 35.2. The lowest BCUT2D eigenvalue weighted by Gasteiger charge is -2.30. The molecule has 2 aliphatic carbocycles. The molecule has 4 aliphatic rings. The van der Waals surface area contributed by atoms with Crippen molar-refractivity contribution in [1.82, 2.24) is 29.9 Å². The van der Waals surface area contributed by atoms with E-state index in [1.54, 1.807) is 0 Å². The van der Waals surface area contributed by atoms with Crippen LogP contribution in [0, 0.1) is 0 Å². The van der Waals surface area contributed by atoms with Crippen molar-refractivity contribution in [2.24, 2.45) is 0 Å². The molecule has 556 valence electrons. The summed E-state index contributed by atoms with van der Waals surface area (Å²) in [6.45, 7) is 0. The first kappa shape index (κ1) is 69.2. The fraction of sp³-hybridized carbons (Fsp3) is 0.0370. The lowest BCUT2D eigenvalue weighted by molar-refractivity contribution is 0.584. The highest BCUT2D eigenvalue weighted by molar-refractivity contribution is 5.95. The number of anilines is 4. The smallest absolute Gasteiger partial charge is 0.164 e. The number of furan rings is 2. The summed E-state index contributed by atoms with van der Waals surface area (Å²) in [5.41, 5.74) is 28.9. The van der Waals surface area contributed by atoms with Crippen molar-refractivity contribution in [2.75, 3.05) is 9.80 Å². The van der Waals surface area contributed by atoms with Crippen molar-refractivity contribution in [1.29, 1.82) is 0 Å². The average Bonchev–Trinajstić information content (AvgIpc) is 1.56. The molecule has 2 aliphatic heterocycles. The number of nitrogens with zero attached hydrogens (tertiary/aromatic N) is 8. The Kier molecular flexibility index (Phi) is 17.3. The standard InChI is InChI=1S/C57H38N4O.C51H34N4O/c1-4-13-37(14-5-1)39-23-25-42(26-24-39)56-58-55(41-17-8-3-9-18-41)59-57(60-56)45-29-33-51-48(36-45)54-52(62-51)34-32-50-53(54)47-21-10-11-22-49(47)61(50)46-30-27-40(28-31-46)44-20-12-19-43(35-44)38-15-6-2-7-16-38;1-4-13-33(14-5-1)37-19-12-20-38(31-37)34-23-26-40(27-24-34)55-43-22-11-10-21-41(43)47-44(55)28-30-46-48(47)42-32-39(25-29-45(42)56-46)51-53-49(35-15-6-2-7-16-35)52-50(54-51)36-17-8-3-9-18-36/h1-36,50,53H;1-32,44,47H. The monoisotopic (exact) mass is 1510 g/mol. The van der Waals surface area contributed by atoms with Crippen LogP contribution in [0.4, 0.5) is 22.7 Å². The van der Waals surface area contributed by atoms with Gasteiger partial charge in [-0.2, -0.15) is 0 Å². The Morgan fingerprint density at radius 1 is 0.212 bits per heavy atom. The lowest BCUT2D eigenvalue weighted by Crippen LogP contribution is -2.30. The Morgan fingerprint density at radius 3 is 0.822 bits per heavy atom. The van der Waals surface area contributed by atoms with Crippen LogP contribution in [0.5, 0.6) is 0 Å². The van der Waals surface area contributed by atoms with Crippen LogP contribution in [0.2, 0.25) is 0 Å². The van der Waals surface area contributed by atoms with Gasteiger partial charge in [0.25, 0.3) is 0 Å². The topological polar surface area (TPSA) is 110 Å². The van der Waals surface area contributed by atoms with Crippen LogP contribution < -0.4 is 9.80 Å². The van der Waals surface area contributed by atoms with E-state index in [0.29, 0.717) is 34.9 Å². The third kappa shape index (κ3) is 12.6. The Labute approximate surface area is 683 Å². The van der Waals surface area contributed by atoms with Gasteiger partial charge in [0.05, 0.1) is 12.1 Å². The van der Waals surface area contributed by atoms with Crippen molar-refractivity contribution < 1.29 is 8.83 Å². The minimum Gasteiger partial charge on any atom is -0.456 e. The predicted molar refractivity (Wildman–Crippen MR) is 478 cm³/mol. The van der Waals surface area contributed by atoms with E-state index in [9.17, 15) is 0 Å². The number of hydrogen-bond acceptors (Lipinski definition) is 10. The van der Waals surface area contributed by atoms with Crippen molar-refractivity contribution in [3.63, 3.8) is 0 Å². The number of para-hydroxylation sites is 2. The average molecular weight is 1510 g/mol. The summed E-state index contributed by atoms with van der Waals surface area (Å²) >= 11 is 0. The maximum absolute atomic E-state index is 6.63.